The van der Waals surface area contributed by atoms with Gasteiger partial charge in [0, 0.05) is 18.0 Å². The summed E-state index contributed by atoms with van der Waals surface area (Å²) >= 11 is 5.70. The molecule has 2 nitrogen and oxygen atoms in total. The van der Waals surface area contributed by atoms with E-state index in [4.69, 9.17) is 11.6 Å². The molecule has 1 aromatic rings. The lowest BCUT2D eigenvalue weighted by molar-refractivity contribution is -0.137. The van der Waals surface area contributed by atoms with Gasteiger partial charge in [0.15, 0.2) is 0 Å². The number of benzene rings is 1. The summed E-state index contributed by atoms with van der Waals surface area (Å²) < 4.78 is 37.8. The minimum atomic E-state index is -4.44. The Labute approximate surface area is 127 Å². The highest BCUT2D eigenvalue weighted by molar-refractivity contribution is 6.17. The van der Waals surface area contributed by atoms with Crippen molar-refractivity contribution in [1.29, 1.82) is 0 Å². The molecule has 1 aromatic carbocycles. The van der Waals surface area contributed by atoms with E-state index in [1.165, 1.54) is 12.1 Å². The Kier molecular flexibility index (Phi) is 7.02. The first kappa shape index (κ1) is 17.8. The molecule has 0 radical (unpaired) electrons. The second-order valence-electron chi connectivity index (χ2n) is 4.92. The van der Waals surface area contributed by atoms with Crippen LogP contribution in [-0.2, 0) is 6.18 Å². The molecule has 1 rings (SSSR count). The zero-order chi connectivity index (χ0) is 15.9. The van der Waals surface area contributed by atoms with E-state index in [1.807, 2.05) is 6.92 Å². The number of carbonyl (C=O) groups is 1. The van der Waals surface area contributed by atoms with Crippen molar-refractivity contribution < 1.29 is 18.0 Å². The van der Waals surface area contributed by atoms with E-state index in [0.29, 0.717) is 12.4 Å². The molecule has 0 aliphatic carbocycles. The zero-order valence-corrected chi connectivity index (χ0v) is 12.6. The summed E-state index contributed by atoms with van der Waals surface area (Å²) in [6.45, 7) is 2.46. The standard InChI is InChI=1S/C15H19ClF3NO/c1-2-4-11(7-8-16)10-20-14(21)12-5-3-6-13(9-12)15(17,18)19/h3,5-6,9,11H,2,4,7-8,10H2,1H3,(H,20,21). The normalized spacial score (nSPS) is 13.0. The van der Waals surface area contributed by atoms with Gasteiger partial charge in [0.25, 0.3) is 5.91 Å². The van der Waals surface area contributed by atoms with E-state index in [1.54, 1.807) is 0 Å². The molecule has 0 bridgehead atoms. The fraction of sp³-hybridized carbons (Fsp3) is 0.533. The van der Waals surface area contributed by atoms with Gasteiger partial charge < -0.3 is 5.32 Å². The van der Waals surface area contributed by atoms with Crippen LogP contribution in [0.15, 0.2) is 24.3 Å². The van der Waals surface area contributed by atoms with Crippen molar-refractivity contribution >= 4 is 17.5 Å². The smallest absolute Gasteiger partial charge is 0.352 e. The number of hydrogen-bond acceptors (Lipinski definition) is 1. The van der Waals surface area contributed by atoms with Gasteiger partial charge in [0.1, 0.15) is 0 Å². The molecule has 118 valence electrons. The van der Waals surface area contributed by atoms with Crippen molar-refractivity contribution in [3.8, 4) is 0 Å². The van der Waals surface area contributed by atoms with Gasteiger partial charge in [-0.15, -0.1) is 11.6 Å². The van der Waals surface area contributed by atoms with Crippen molar-refractivity contribution in [2.24, 2.45) is 5.92 Å². The van der Waals surface area contributed by atoms with Crippen LogP contribution in [0, 0.1) is 5.92 Å². The molecule has 0 aliphatic heterocycles. The van der Waals surface area contributed by atoms with Gasteiger partial charge in [0.2, 0.25) is 0 Å². The van der Waals surface area contributed by atoms with E-state index in [2.05, 4.69) is 5.32 Å². The molecule has 1 N–H and O–H groups in total. The molecule has 0 saturated carbocycles. The quantitative estimate of drug-likeness (QED) is 0.737. The number of hydrogen-bond donors (Lipinski definition) is 1. The molecule has 1 unspecified atom stereocenters. The highest BCUT2D eigenvalue weighted by atomic mass is 35.5. The second-order valence-corrected chi connectivity index (χ2v) is 5.30. The third-order valence-electron chi connectivity index (χ3n) is 3.22. The second kappa shape index (κ2) is 8.27. The first-order valence-corrected chi connectivity index (χ1v) is 7.43. The van der Waals surface area contributed by atoms with Gasteiger partial charge in [-0.3, -0.25) is 4.79 Å². The maximum Gasteiger partial charge on any atom is 0.416 e. The van der Waals surface area contributed by atoms with Crippen molar-refractivity contribution in [2.75, 3.05) is 12.4 Å². The van der Waals surface area contributed by atoms with Crippen LogP contribution in [0.5, 0.6) is 0 Å². The van der Waals surface area contributed by atoms with Crippen molar-refractivity contribution in [1.82, 2.24) is 5.32 Å². The average molecular weight is 322 g/mol. The summed E-state index contributed by atoms with van der Waals surface area (Å²) in [7, 11) is 0. The van der Waals surface area contributed by atoms with E-state index in [-0.39, 0.29) is 11.5 Å². The number of carbonyl (C=O) groups excluding carboxylic acids is 1. The maximum absolute atomic E-state index is 12.6. The summed E-state index contributed by atoms with van der Waals surface area (Å²) in [5.74, 6) is 0.267. The fourth-order valence-corrected chi connectivity index (χ4v) is 2.40. The maximum atomic E-state index is 12.6. The largest absolute Gasteiger partial charge is 0.416 e. The van der Waals surface area contributed by atoms with Gasteiger partial charge in [-0.25, -0.2) is 0 Å². The van der Waals surface area contributed by atoms with E-state index >= 15 is 0 Å². The Morgan fingerprint density at radius 3 is 2.62 bits per heavy atom. The number of halogens is 4. The van der Waals surface area contributed by atoms with Gasteiger partial charge in [-0.1, -0.05) is 19.4 Å². The van der Waals surface area contributed by atoms with Crippen LogP contribution in [0.4, 0.5) is 13.2 Å². The minimum Gasteiger partial charge on any atom is -0.352 e. The number of rotatable bonds is 7. The van der Waals surface area contributed by atoms with Crippen LogP contribution in [0.1, 0.15) is 42.1 Å². The molecular weight excluding hydrogens is 303 g/mol. The summed E-state index contributed by atoms with van der Waals surface area (Å²) in [5, 5.41) is 2.68. The first-order chi connectivity index (χ1) is 9.88. The molecule has 0 spiro atoms. The molecule has 21 heavy (non-hydrogen) atoms. The Morgan fingerprint density at radius 2 is 2.05 bits per heavy atom. The van der Waals surface area contributed by atoms with Crippen molar-refractivity contribution in [2.45, 2.75) is 32.4 Å². The Bertz CT molecular complexity index is 456. The minimum absolute atomic E-state index is 0.0194. The third-order valence-corrected chi connectivity index (χ3v) is 3.44. The lowest BCUT2D eigenvalue weighted by Crippen LogP contribution is -2.29. The van der Waals surface area contributed by atoms with Gasteiger partial charge in [-0.05, 0) is 37.0 Å². The lowest BCUT2D eigenvalue weighted by Gasteiger charge is -2.16. The SMILES string of the molecule is CCCC(CCCl)CNC(=O)c1cccc(C(F)(F)F)c1. The summed E-state index contributed by atoms with van der Waals surface area (Å²) in [6, 6.07) is 4.43. The predicted molar refractivity (Wildman–Crippen MR) is 77.5 cm³/mol. The molecule has 1 atom stereocenters. The van der Waals surface area contributed by atoms with Crippen molar-refractivity contribution in [3.05, 3.63) is 35.4 Å². The molecule has 0 saturated heterocycles. The van der Waals surface area contributed by atoms with Crippen LogP contribution >= 0.6 is 11.6 Å². The number of amides is 1. The Morgan fingerprint density at radius 1 is 1.33 bits per heavy atom. The monoisotopic (exact) mass is 321 g/mol. The highest BCUT2D eigenvalue weighted by Crippen LogP contribution is 2.29. The molecule has 0 heterocycles. The Hall–Kier alpha value is -1.23. The van der Waals surface area contributed by atoms with Crippen LogP contribution in [0.3, 0.4) is 0 Å². The fourth-order valence-electron chi connectivity index (χ4n) is 2.09. The summed E-state index contributed by atoms with van der Waals surface area (Å²) in [6.07, 6.45) is -1.77. The highest BCUT2D eigenvalue weighted by Gasteiger charge is 2.30. The van der Waals surface area contributed by atoms with E-state index in [9.17, 15) is 18.0 Å². The molecule has 0 fully saturated rings. The van der Waals surface area contributed by atoms with Gasteiger partial charge >= 0.3 is 6.18 Å². The molecule has 0 aromatic heterocycles. The van der Waals surface area contributed by atoms with Crippen LogP contribution in [0.25, 0.3) is 0 Å². The molecule has 0 aliphatic rings. The van der Waals surface area contributed by atoms with Gasteiger partial charge in [-0.2, -0.15) is 13.2 Å². The number of nitrogens with one attached hydrogen (secondary N) is 1. The van der Waals surface area contributed by atoms with E-state index < -0.39 is 17.6 Å². The zero-order valence-electron chi connectivity index (χ0n) is 11.8. The van der Waals surface area contributed by atoms with Gasteiger partial charge in [0.05, 0.1) is 5.56 Å². The topological polar surface area (TPSA) is 29.1 Å². The van der Waals surface area contributed by atoms with E-state index in [0.717, 1.165) is 31.4 Å². The molecular formula is C15H19ClF3NO. The third kappa shape index (κ3) is 5.96. The first-order valence-electron chi connectivity index (χ1n) is 6.90. The Balaban J connectivity index is 2.67. The summed E-state index contributed by atoms with van der Waals surface area (Å²) in [5.41, 5.74) is -0.799. The molecule has 6 heteroatoms. The van der Waals surface area contributed by atoms with Crippen molar-refractivity contribution in [3.63, 3.8) is 0 Å². The van der Waals surface area contributed by atoms with Crippen LogP contribution in [-0.4, -0.2) is 18.3 Å². The van der Waals surface area contributed by atoms with Crippen LogP contribution in [0.2, 0.25) is 0 Å². The van der Waals surface area contributed by atoms with Crippen LogP contribution < -0.4 is 5.32 Å². The predicted octanol–water partition coefficient (Wildman–Crippen LogP) is 4.48. The average Bonchev–Trinajstić information content (AvgIpc) is 2.44. The summed E-state index contributed by atoms with van der Waals surface area (Å²) in [4.78, 5) is 11.9. The number of alkyl halides is 4. The lowest BCUT2D eigenvalue weighted by atomic mass is 10.0. The molecule has 1 amide bonds.